The molecule has 0 atom stereocenters. The molecule has 128 valence electrons. The summed E-state index contributed by atoms with van der Waals surface area (Å²) in [6.07, 6.45) is 1.63. The first-order chi connectivity index (χ1) is 11.1. The van der Waals surface area contributed by atoms with Gasteiger partial charge in [-0.25, -0.2) is 0 Å². The molecule has 0 heterocycles. The van der Waals surface area contributed by atoms with E-state index in [1.807, 2.05) is 13.8 Å². The molecule has 0 aliphatic rings. The van der Waals surface area contributed by atoms with Crippen molar-refractivity contribution in [1.29, 1.82) is 0 Å². The van der Waals surface area contributed by atoms with Gasteiger partial charge < -0.3 is 20.1 Å². The first kappa shape index (κ1) is 18.8. The largest absolute Gasteiger partial charge is 0.496 e. The third kappa shape index (κ3) is 5.16. The quantitative estimate of drug-likeness (QED) is 0.682. The van der Waals surface area contributed by atoms with Gasteiger partial charge in [0, 0.05) is 19.0 Å². The predicted octanol–water partition coefficient (Wildman–Crippen LogP) is 1.99. The van der Waals surface area contributed by atoms with Gasteiger partial charge in [0.1, 0.15) is 17.1 Å². The average molecular weight is 322 g/mol. The van der Waals surface area contributed by atoms with Gasteiger partial charge in [-0.1, -0.05) is 19.9 Å². The fourth-order valence-corrected chi connectivity index (χ4v) is 2.33. The van der Waals surface area contributed by atoms with Crippen molar-refractivity contribution in [1.82, 2.24) is 10.6 Å². The fraction of sp³-hybridized carbons (Fsp3) is 0.529. The molecule has 0 radical (unpaired) electrons. The van der Waals surface area contributed by atoms with Crippen LogP contribution in [0.1, 0.15) is 37.0 Å². The van der Waals surface area contributed by atoms with Crippen LogP contribution < -0.4 is 20.1 Å². The van der Waals surface area contributed by atoms with E-state index in [9.17, 15) is 9.59 Å². The Balaban J connectivity index is 2.57. The normalized spacial score (nSPS) is 10.3. The number of ether oxygens (including phenoxy) is 2. The van der Waals surface area contributed by atoms with Crippen LogP contribution in [-0.2, 0) is 4.79 Å². The molecule has 2 N–H and O–H groups in total. The summed E-state index contributed by atoms with van der Waals surface area (Å²) >= 11 is 0. The SMILES string of the molecule is CCC(CC)C(=O)NCCNC(=O)c1c(OC)cccc1OC. The second kappa shape index (κ2) is 9.71. The number of rotatable bonds is 9. The minimum atomic E-state index is -0.295. The number of nitrogens with one attached hydrogen (secondary N) is 2. The Morgan fingerprint density at radius 3 is 2.00 bits per heavy atom. The van der Waals surface area contributed by atoms with E-state index in [4.69, 9.17) is 9.47 Å². The number of hydrogen-bond acceptors (Lipinski definition) is 4. The van der Waals surface area contributed by atoms with E-state index in [1.54, 1.807) is 18.2 Å². The number of carbonyl (C=O) groups excluding carboxylic acids is 2. The van der Waals surface area contributed by atoms with Crippen LogP contribution in [0.5, 0.6) is 11.5 Å². The van der Waals surface area contributed by atoms with Crippen molar-refractivity contribution in [2.24, 2.45) is 5.92 Å². The molecule has 6 nitrogen and oxygen atoms in total. The van der Waals surface area contributed by atoms with Crippen LogP contribution in [-0.4, -0.2) is 39.1 Å². The summed E-state index contributed by atoms with van der Waals surface area (Å²) in [5.41, 5.74) is 0.351. The van der Waals surface area contributed by atoms with Crippen molar-refractivity contribution in [2.75, 3.05) is 27.3 Å². The Bertz CT molecular complexity index is 505. The Kier molecular flexibility index (Phi) is 7.94. The molecule has 6 heteroatoms. The van der Waals surface area contributed by atoms with Crippen molar-refractivity contribution in [3.63, 3.8) is 0 Å². The molecule has 0 aromatic heterocycles. The third-order valence-electron chi connectivity index (χ3n) is 3.72. The lowest BCUT2D eigenvalue weighted by molar-refractivity contribution is -0.125. The van der Waals surface area contributed by atoms with Gasteiger partial charge in [0.2, 0.25) is 5.91 Å². The minimum absolute atomic E-state index is 0.0270. The lowest BCUT2D eigenvalue weighted by Crippen LogP contribution is -2.37. The number of amides is 2. The van der Waals surface area contributed by atoms with Gasteiger partial charge in [0.25, 0.3) is 5.91 Å². The van der Waals surface area contributed by atoms with E-state index in [-0.39, 0.29) is 17.7 Å². The second-order valence-corrected chi connectivity index (χ2v) is 5.10. The third-order valence-corrected chi connectivity index (χ3v) is 3.72. The van der Waals surface area contributed by atoms with E-state index in [0.29, 0.717) is 30.2 Å². The number of carbonyl (C=O) groups is 2. The number of hydrogen-bond donors (Lipinski definition) is 2. The topological polar surface area (TPSA) is 76.7 Å². The standard InChI is InChI=1S/C17H26N2O4/c1-5-12(6-2)16(20)18-10-11-19-17(21)15-13(22-3)8-7-9-14(15)23-4/h7-9,12H,5-6,10-11H2,1-4H3,(H,18,20)(H,19,21). The Hall–Kier alpha value is -2.24. The zero-order valence-electron chi connectivity index (χ0n) is 14.3. The zero-order chi connectivity index (χ0) is 17.2. The molecular weight excluding hydrogens is 296 g/mol. The molecule has 0 fully saturated rings. The molecule has 0 aliphatic carbocycles. The molecule has 0 spiro atoms. The van der Waals surface area contributed by atoms with Gasteiger partial charge in [-0.2, -0.15) is 0 Å². The Labute approximate surface area is 137 Å². The van der Waals surface area contributed by atoms with E-state index in [2.05, 4.69) is 10.6 Å². The van der Waals surface area contributed by atoms with Crippen LogP contribution in [0.15, 0.2) is 18.2 Å². The molecule has 0 saturated heterocycles. The highest BCUT2D eigenvalue weighted by Gasteiger charge is 2.18. The molecule has 2 amide bonds. The van der Waals surface area contributed by atoms with Crippen molar-refractivity contribution in [3.05, 3.63) is 23.8 Å². The van der Waals surface area contributed by atoms with Gasteiger partial charge >= 0.3 is 0 Å². The first-order valence-corrected chi connectivity index (χ1v) is 7.85. The van der Waals surface area contributed by atoms with Crippen LogP contribution in [0.2, 0.25) is 0 Å². The van der Waals surface area contributed by atoms with E-state index in [1.165, 1.54) is 14.2 Å². The zero-order valence-corrected chi connectivity index (χ0v) is 14.3. The van der Waals surface area contributed by atoms with Gasteiger partial charge in [0.05, 0.1) is 14.2 Å². The van der Waals surface area contributed by atoms with E-state index in [0.717, 1.165) is 12.8 Å². The highest BCUT2D eigenvalue weighted by atomic mass is 16.5. The summed E-state index contributed by atoms with van der Waals surface area (Å²) in [7, 11) is 3.00. The summed E-state index contributed by atoms with van der Waals surface area (Å²) in [6, 6.07) is 5.16. The van der Waals surface area contributed by atoms with Crippen molar-refractivity contribution >= 4 is 11.8 Å². The molecule has 1 aromatic rings. The average Bonchev–Trinajstić information content (AvgIpc) is 2.58. The molecule has 0 saturated carbocycles. The number of methoxy groups -OCH3 is 2. The molecule has 23 heavy (non-hydrogen) atoms. The molecule has 0 unspecified atom stereocenters. The smallest absolute Gasteiger partial charge is 0.258 e. The minimum Gasteiger partial charge on any atom is -0.496 e. The molecule has 0 bridgehead atoms. The van der Waals surface area contributed by atoms with Gasteiger partial charge in [-0.3, -0.25) is 9.59 Å². The van der Waals surface area contributed by atoms with Crippen LogP contribution in [0.3, 0.4) is 0 Å². The first-order valence-electron chi connectivity index (χ1n) is 7.85. The highest BCUT2D eigenvalue weighted by molar-refractivity contribution is 5.99. The lowest BCUT2D eigenvalue weighted by atomic mass is 10.0. The van der Waals surface area contributed by atoms with Gasteiger partial charge in [0.15, 0.2) is 0 Å². The maximum absolute atomic E-state index is 12.3. The van der Waals surface area contributed by atoms with Gasteiger partial charge in [-0.15, -0.1) is 0 Å². The lowest BCUT2D eigenvalue weighted by Gasteiger charge is -2.14. The molecule has 0 aliphatic heterocycles. The maximum Gasteiger partial charge on any atom is 0.258 e. The Morgan fingerprint density at radius 2 is 1.52 bits per heavy atom. The van der Waals surface area contributed by atoms with E-state index >= 15 is 0 Å². The maximum atomic E-state index is 12.3. The predicted molar refractivity (Wildman–Crippen MR) is 89.0 cm³/mol. The van der Waals surface area contributed by atoms with Crippen molar-refractivity contribution in [2.45, 2.75) is 26.7 Å². The Morgan fingerprint density at radius 1 is 1.00 bits per heavy atom. The van der Waals surface area contributed by atoms with Crippen LogP contribution in [0.25, 0.3) is 0 Å². The summed E-state index contributed by atoms with van der Waals surface area (Å²) in [5.74, 6) is 0.654. The summed E-state index contributed by atoms with van der Waals surface area (Å²) < 4.78 is 10.4. The molecular formula is C17H26N2O4. The van der Waals surface area contributed by atoms with E-state index < -0.39 is 0 Å². The summed E-state index contributed by atoms with van der Waals surface area (Å²) in [4.78, 5) is 24.2. The highest BCUT2D eigenvalue weighted by Crippen LogP contribution is 2.27. The summed E-state index contributed by atoms with van der Waals surface area (Å²) in [6.45, 7) is 4.71. The van der Waals surface area contributed by atoms with Crippen LogP contribution in [0, 0.1) is 5.92 Å². The van der Waals surface area contributed by atoms with Crippen LogP contribution >= 0.6 is 0 Å². The van der Waals surface area contributed by atoms with Gasteiger partial charge in [-0.05, 0) is 25.0 Å². The van der Waals surface area contributed by atoms with Crippen LogP contribution in [0.4, 0.5) is 0 Å². The number of benzene rings is 1. The van der Waals surface area contributed by atoms with Crippen molar-refractivity contribution < 1.29 is 19.1 Å². The fourth-order valence-electron chi connectivity index (χ4n) is 2.33. The monoisotopic (exact) mass is 322 g/mol. The van der Waals surface area contributed by atoms with Crippen molar-refractivity contribution in [3.8, 4) is 11.5 Å². The summed E-state index contributed by atoms with van der Waals surface area (Å²) in [5, 5.41) is 5.60. The second-order valence-electron chi connectivity index (χ2n) is 5.10. The molecule has 1 rings (SSSR count). The molecule has 1 aromatic carbocycles.